The first-order valence-corrected chi connectivity index (χ1v) is 6.50. The molecule has 3 rings (SSSR count). The normalized spacial score (nSPS) is 10.9. The number of aromatic nitrogens is 4. The smallest absolute Gasteiger partial charge is 0.224 e. The van der Waals surface area contributed by atoms with E-state index in [4.69, 9.17) is 5.73 Å². The summed E-state index contributed by atoms with van der Waals surface area (Å²) >= 11 is 0. The van der Waals surface area contributed by atoms with Gasteiger partial charge in [0.2, 0.25) is 5.95 Å². The van der Waals surface area contributed by atoms with E-state index in [1.807, 2.05) is 18.2 Å². The second-order valence-corrected chi connectivity index (χ2v) is 4.53. The lowest BCUT2D eigenvalue weighted by Gasteiger charge is -2.12. The summed E-state index contributed by atoms with van der Waals surface area (Å²) in [5.74, 6) is 1.04. The van der Waals surface area contributed by atoms with E-state index >= 15 is 0 Å². The van der Waals surface area contributed by atoms with Gasteiger partial charge in [-0.1, -0.05) is 13.0 Å². The minimum Gasteiger partial charge on any atom is -0.383 e. The van der Waals surface area contributed by atoms with Crippen LogP contribution in [0, 0.1) is 0 Å². The van der Waals surface area contributed by atoms with Crippen molar-refractivity contribution in [2.75, 3.05) is 18.1 Å². The highest BCUT2D eigenvalue weighted by Crippen LogP contribution is 2.30. The maximum atomic E-state index is 6.11. The fraction of sp³-hybridized carbons (Fsp3) is 0.214. The zero-order valence-corrected chi connectivity index (χ0v) is 11.4. The number of nitrogens with two attached hydrogens (primary N) is 1. The predicted octanol–water partition coefficient (Wildman–Crippen LogP) is 2.21. The van der Waals surface area contributed by atoms with Crippen molar-refractivity contribution < 1.29 is 0 Å². The van der Waals surface area contributed by atoms with Crippen LogP contribution in [0.2, 0.25) is 0 Å². The third-order valence-corrected chi connectivity index (χ3v) is 3.30. The Morgan fingerprint density at radius 1 is 1.30 bits per heavy atom. The lowest BCUT2D eigenvalue weighted by Crippen LogP contribution is -2.06. The van der Waals surface area contributed by atoms with Gasteiger partial charge in [-0.3, -0.25) is 5.10 Å². The third kappa shape index (κ3) is 1.95. The Labute approximate surface area is 116 Å². The van der Waals surface area contributed by atoms with Crippen LogP contribution in [-0.2, 0) is 6.42 Å². The molecule has 0 aliphatic carbocycles. The number of hydrogen-bond acceptors (Lipinski definition) is 5. The summed E-state index contributed by atoms with van der Waals surface area (Å²) in [5, 5.41) is 10.9. The molecular formula is C14H16N6. The average Bonchev–Trinajstić information content (AvgIpc) is 2.93. The van der Waals surface area contributed by atoms with Gasteiger partial charge in [0, 0.05) is 18.0 Å². The minimum absolute atomic E-state index is 0.490. The maximum absolute atomic E-state index is 6.11. The standard InChI is InChI=1S/C14H16N6/c1-3-10-12(13(15)19-14(16-2)18-10)8-4-5-11-9(6-8)7-17-20-11/h4-7H,3H2,1-2H3,(H,17,20)(H3,15,16,18,19). The van der Waals surface area contributed by atoms with Gasteiger partial charge in [-0.05, 0) is 24.1 Å². The van der Waals surface area contributed by atoms with E-state index in [0.29, 0.717) is 11.8 Å². The molecule has 20 heavy (non-hydrogen) atoms. The highest BCUT2D eigenvalue weighted by molar-refractivity contribution is 5.87. The van der Waals surface area contributed by atoms with Gasteiger partial charge in [-0.25, -0.2) is 4.98 Å². The Kier molecular flexibility index (Phi) is 2.98. The lowest BCUT2D eigenvalue weighted by molar-refractivity contribution is 1.01. The number of nitrogens with one attached hydrogen (secondary N) is 2. The fourth-order valence-corrected chi connectivity index (χ4v) is 2.31. The van der Waals surface area contributed by atoms with Crippen LogP contribution in [0.15, 0.2) is 24.4 Å². The van der Waals surface area contributed by atoms with Crippen LogP contribution in [0.4, 0.5) is 11.8 Å². The van der Waals surface area contributed by atoms with E-state index in [9.17, 15) is 0 Å². The molecule has 0 bridgehead atoms. The van der Waals surface area contributed by atoms with E-state index in [1.54, 1.807) is 13.2 Å². The van der Waals surface area contributed by atoms with Gasteiger partial charge in [0.1, 0.15) is 5.82 Å². The molecule has 6 nitrogen and oxygen atoms in total. The van der Waals surface area contributed by atoms with Crippen LogP contribution in [0.1, 0.15) is 12.6 Å². The van der Waals surface area contributed by atoms with Crippen molar-refractivity contribution in [2.45, 2.75) is 13.3 Å². The monoisotopic (exact) mass is 268 g/mol. The van der Waals surface area contributed by atoms with Gasteiger partial charge in [0.05, 0.1) is 17.4 Å². The molecular weight excluding hydrogens is 252 g/mol. The van der Waals surface area contributed by atoms with Crippen molar-refractivity contribution >= 4 is 22.7 Å². The number of nitrogen functional groups attached to an aromatic ring is 1. The summed E-state index contributed by atoms with van der Waals surface area (Å²) < 4.78 is 0. The van der Waals surface area contributed by atoms with Crippen LogP contribution in [0.3, 0.4) is 0 Å². The van der Waals surface area contributed by atoms with Gasteiger partial charge in [0.25, 0.3) is 0 Å². The van der Waals surface area contributed by atoms with Crippen molar-refractivity contribution in [2.24, 2.45) is 0 Å². The molecule has 0 saturated heterocycles. The molecule has 2 heterocycles. The molecule has 0 aliphatic heterocycles. The Balaban J connectivity index is 2.21. The summed E-state index contributed by atoms with van der Waals surface area (Å²) in [5.41, 5.74) is 9.95. The van der Waals surface area contributed by atoms with Gasteiger partial charge in [-0.2, -0.15) is 10.1 Å². The number of benzene rings is 1. The van der Waals surface area contributed by atoms with Gasteiger partial charge < -0.3 is 11.1 Å². The number of hydrogen-bond donors (Lipinski definition) is 3. The first kappa shape index (κ1) is 12.4. The number of aromatic amines is 1. The van der Waals surface area contributed by atoms with Crippen LogP contribution < -0.4 is 11.1 Å². The topological polar surface area (TPSA) is 92.5 Å². The lowest BCUT2D eigenvalue weighted by atomic mass is 10.0. The SMILES string of the molecule is CCc1nc(NC)nc(N)c1-c1ccc2[nH]ncc2c1. The van der Waals surface area contributed by atoms with Crippen LogP contribution in [-0.4, -0.2) is 27.2 Å². The minimum atomic E-state index is 0.490. The Hall–Kier alpha value is -2.63. The Morgan fingerprint density at radius 3 is 2.90 bits per heavy atom. The van der Waals surface area contributed by atoms with Crippen LogP contribution in [0.25, 0.3) is 22.0 Å². The highest BCUT2D eigenvalue weighted by Gasteiger charge is 2.13. The summed E-state index contributed by atoms with van der Waals surface area (Å²) in [4.78, 5) is 8.77. The number of fused-ring (bicyclic) bond motifs is 1. The zero-order chi connectivity index (χ0) is 14.1. The molecule has 0 amide bonds. The van der Waals surface area contributed by atoms with E-state index in [-0.39, 0.29) is 0 Å². The van der Waals surface area contributed by atoms with Gasteiger partial charge >= 0.3 is 0 Å². The van der Waals surface area contributed by atoms with Crippen molar-refractivity contribution in [3.8, 4) is 11.1 Å². The second kappa shape index (κ2) is 4.80. The predicted molar refractivity (Wildman–Crippen MR) is 80.5 cm³/mol. The number of aryl methyl sites for hydroxylation is 1. The fourth-order valence-electron chi connectivity index (χ4n) is 2.31. The van der Waals surface area contributed by atoms with Crippen LogP contribution in [0.5, 0.6) is 0 Å². The van der Waals surface area contributed by atoms with Crippen LogP contribution >= 0.6 is 0 Å². The summed E-state index contributed by atoms with van der Waals surface area (Å²) in [6, 6.07) is 6.04. The molecule has 102 valence electrons. The van der Waals surface area contributed by atoms with E-state index in [1.165, 1.54) is 0 Å². The molecule has 0 radical (unpaired) electrons. The highest BCUT2D eigenvalue weighted by atomic mass is 15.1. The van der Waals surface area contributed by atoms with E-state index in [0.717, 1.165) is 34.1 Å². The molecule has 0 atom stereocenters. The molecule has 0 aliphatic rings. The number of nitrogens with zero attached hydrogens (tertiary/aromatic N) is 3. The maximum Gasteiger partial charge on any atom is 0.224 e. The molecule has 0 unspecified atom stereocenters. The number of rotatable bonds is 3. The van der Waals surface area contributed by atoms with Crippen molar-refractivity contribution in [1.29, 1.82) is 0 Å². The molecule has 0 spiro atoms. The third-order valence-electron chi connectivity index (χ3n) is 3.30. The average molecular weight is 268 g/mol. The van der Waals surface area contributed by atoms with Crippen molar-refractivity contribution in [1.82, 2.24) is 20.2 Å². The zero-order valence-electron chi connectivity index (χ0n) is 11.4. The Morgan fingerprint density at radius 2 is 2.15 bits per heavy atom. The molecule has 1 aromatic carbocycles. The Bertz CT molecular complexity index is 761. The molecule has 3 aromatic rings. The van der Waals surface area contributed by atoms with Crippen molar-refractivity contribution in [3.63, 3.8) is 0 Å². The molecule has 0 saturated carbocycles. The van der Waals surface area contributed by atoms with E-state index in [2.05, 4.69) is 32.4 Å². The molecule has 0 fully saturated rings. The molecule has 2 aromatic heterocycles. The number of H-pyrrole nitrogens is 1. The largest absolute Gasteiger partial charge is 0.383 e. The van der Waals surface area contributed by atoms with Crippen molar-refractivity contribution in [3.05, 3.63) is 30.1 Å². The second-order valence-electron chi connectivity index (χ2n) is 4.53. The van der Waals surface area contributed by atoms with Gasteiger partial charge in [0.15, 0.2) is 0 Å². The quantitative estimate of drug-likeness (QED) is 0.677. The first-order valence-electron chi connectivity index (χ1n) is 6.50. The summed E-state index contributed by atoms with van der Waals surface area (Å²) in [6.45, 7) is 2.06. The van der Waals surface area contributed by atoms with Gasteiger partial charge in [-0.15, -0.1) is 0 Å². The summed E-state index contributed by atoms with van der Waals surface area (Å²) in [6.07, 6.45) is 2.59. The van der Waals surface area contributed by atoms with E-state index < -0.39 is 0 Å². The molecule has 4 N–H and O–H groups in total. The molecule has 6 heteroatoms. The summed E-state index contributed by atoms with van der Waals surface area (Å²) in [7, 11) is 1.78. The number of anilines is 2. The first-order chi connectivity index (χ1) is 9.72.